The summed E-state index contributed by atoms with van der Waals surface area (Å²) in [7, 11) is 1.55. The van der Waals surface area contributed by atoms with Crippen molar-refractivity contribution < 1.29 is 14.3 Å². The van der Waals surface area contributed by atoms with E-state index in [9.17, 15) is 9.59 Å². The minimum atomic E-state index is -0.733. The molecule has 172 valence electrons. The van der Waals surface area contributed by atoms with Gasteiger partial charge in [-0.2, -0.15) is 0 Å². The molecule has 1 aliphatic carbocycles. The topological polar surface area (TPSA) is 94.3 Å². The van der Waals surface area contributed by atoms with Gasteiger partial charge in [0.1, 0.15) is 15.1 Å². The molecule has 0 atom stereocenters. The predicted octanol–water partition coefficient (Wildman–Crippen LogP) is 6.63. The van der Waals surface area contributed by atoms with Gasteiger partial charge >= 0.3 is 6.03 Å². The second kappa shape index (κ2) is 10.6. The molecule has 0 bridgehead atoms. The molecule has 9 heteroatoms. The number of thiazole rings is 1. The molecule has 0 saturated heterocycles. The number of benzene rings is 2. The number of hydrogen-bond donors (Lipinski definition) is 2. The second-order valence-corrected chi connectivity index (χ2v) is 10.4. The van der Waals surface area contributed by atoms with Crippen molar-refractivity contribution in [2.24, 2.45) is 11.7 Å². The van der Waals surface area contributed by atoms with Crippen LogP contribution in [-0.2, 0) is 5.75 Å². The minimum absolute atomic E-state index is 0.0308. The van der Waals surface area contributed by atoms with E-state index in [1.807, 2.05) is 30.3 Å². The lowest BCUT2D eigenvalue weighted by Gasteiger charge is -2.18. The van der Waals surface area contributed by atoms with Gasteiger partial charge in [-0.3, -0.25) is 4.79 Å². The summed E-state index contributed by atoms with van der Waals surface area (Å²) in [5, 5.41) is 3.19. The molecule has 1 heterocycles. The van der Waals surface area contributed by atoms with E-state index in [1.54, 1.807) is 31.0 Å². The highest BCUT2D eigenvalue weighted by Crippen LogP contribution is 2.44. The van der Waals surface area contributed by atoms with E-state index >= 15 is 0 Å². The zero-order chi connectivity index (χ0) is 23.4. The maximum absolute atomic E-state index is 13.6. The molecule has 0 aliphatic heterocycles. The van der Waals surface area contributed by atoms with Crippen LogP contribution in [0.25, 0.3) is 10.6 Å². The number of amides is 2. The number of halogens is 1. The van der Waals surface area contributed by atoms with E-state index < -0.39 is 6.03 Å². The van der Waals surface area contributed by atoms with Crippen molar-refractivity contribution in [3.63, 3.8) is 0 Å². The highest BCUT2D eigenvalue weighted by Gasteiger charge is 2.31. The predicted molar refractivity (Wildman–Crippen MR) is 135 cm³/mol. The first-order chi connectivity index (χ1) is 16.0. The highest BCUT2D eigenvalue weighted by molar-refractivity contribution is 7.98. The maximum Gasteiger partial charge on any atom is 0.316 e. The summed E-state index contributed by atoms with van der Waals surface area (Å²) >= 11 is 9.50. The van der Waals surface area contributed by atoms with Crippen molar-refractivity contribution in [2.45, 2.75) is 36.3 Å². The van der Waals surface area contributed by atoms with Gasteiger partial charge in [0.15, 0.2) is 5.78 Å². The van der Waals surface area contributed by atoms with Crippen LogP contribution >= 0.6 is 34.7 Å². The van der Waals surface area contributed by atoms with Gasteiger partial charge in [0.2, 0.25) is 0 Å². The SMILES string of the molecule is COc1ccc(NC(N)=O)c(C(=O)C2CCCC2)c1-c1nc(CSc2ccccc2)c(Cl)s1. The Morgan fingerprint density at radius 2 is 1.94 bits per heavy atom. The van der Waals surface area contributed by atoms with E-state index in [0.717, 1.165) is 36.3 Å². The van der Waals surface area contributed by atoms with Crippen molar-refractivity contribution in [3.8, 4) is 16.3 Å². The largest absolute Gasteiger partial charge is 0.496 e. The number of nitrogens with one attached hydrogen (secondary N) is 1. The molecular formula is C24H24ClN3O3S2. The Balaban J connectivity index is 1.77. The van der Waals surface area contributed by atoms with Crippen molar-refractivity contribution in [3.05, 3.63) is 58.1 Å². The quantitative estimate of drug-likeness (QED) is 0.267. The van der Waals surface area contributed by atoms with Crippen LogP contribution < -0.4 is 15.8 Å². The fourth-order valence-corrected chi connectivity index (χ4v) is 6.28. The molecule has 2 aromatic carbocycles. The Morgan fingerprint density at radius 3 is 2.61 bits per heavy atom. The number of ether oxygens (including phenoxy) is 1. The number of hydrogen-bond acceptors (Lipinski definition) is 6. The lowest BCUT2D eigenvalue weighted by molar-refractivity contribution is 0.0924. The third-order valence-corrected chi connectivity index (χ3v) is 7.98. The van der Waals surface area contributed by atoms with Crippen LogP contribution in [0.1, 0.15) is 41.7 Å². The molecule has 4 rings (SSSR count). The summed E-state index contributed by atoms with van der Waals surface area (Å²) in [6.07, 6.45) is 3.67. The van der Waals surface area contributed by atoms with Crippen LogP contribution in [-0.4, -0.2) is 23.9 Å². The van der Waals surface area contributed by atoms with Crippen molar-refractivity contribution in [2.75, 3.05) is 12.4 Å². The summed E-state index contributed by atoms with van der Waals surface area (Å²) in [6, 6.07) is 12.6. The number of carbonyl (C=O) groups is 2. The number of ketones is 1. The van der Waals surface area contributed by atoms with Crippen molar-refractivity contribution in [1.29, 1.82) is 0 Å². The number of aromatic nitrogens is 1. The molecule has 1 aromatic heterocycles. The molecule has 3 N–H and O–H groups in total. The molecular weight excluding hydrogens is 478 g/mol. The number of thioether (sulfide) groups is 1. The van der Waals surface area contributed by atoms with Gasteiger partial charge in [-0.05, 0) is 37.1 Å². The highest BCUT2D eigenvalue weighted by atomic mass is 35.5. The monoisotopic (exact) mass is 501 g/mol. The number of Topliss-reactive ketones (excluding diaryl/α,β-unsaturated/α-hetero) is 1. The van der Waals surface area contributed by atoms with Crippen LogP contribution in [0, 0.1) is 5.92 Å². The fraction of sp³-hybridized carbons (Fsp3) is 0.292. The van der Waals surface area contributed by atoms with E-state index in [1.165, 1.54) is 11.3 Å². The molecule has 1 aliphatic rings. The molecule has 0 radical (unpaired) electrons. The Labute approximate surface area is 205 Å². The number of nitrogens with zero attached hydrogens (tertiary/aromatic N) is 1. The molecule has 0 unspecified atom stereocenters. The Kier molecular flexibility index (Phi) is 7.57. The minimum Gasteiger partial charge on any atom is -0.496 e. The first-order valence-electron chi connectivity index (χ1n) is 10.6. The van der Waals surface area contributed by atoms with Crippen molar-refractivity contribution in [1.82, 2.24) is 4.98 Å². The Bertz CT molecular complexity index is 1160. The summed E-state index contributed by atoms with van der Waals surface area (Å²) < 4.78 is 6.17. The zero-order valence-corrected chi connectivity index (χ0v) is 20.5. The van der Waals surface area contributed by atoms with Crippen LogP contribution in [0.3, 0.4) is 0 Å². The van der Waals surface area contributed by atoms with Crippen LogP contribution in [0.2, 0.25) is 4.34 Å². The zero-order valence-electron chi connectivity index (χ0n) is 18.1. The van der Waals surface area contributed by atoms with Gasteiger partial charge in [0.25, 0.3) is 0 Å². The van der Waals surface area contributed by atoms with Crippen LogP contribution in [0.4, 0.5) is 10.5 Å². The molecule has 1 saturated carbocycles. The summed E-state index contributed by atoms with van der Waals surface area (Å²) in [4.78, 5) is 31.2. The number of carbonyl (C=O) groups excluding carboxylic acids is 2. The van der Waals surface area contributed by atoms with E-state index in [4.69, 9.17) is 27.1 Å². The van der Waals surface area contributed by atoms with E-state index in [-0.39, 0.29) is 11.7 Å². The molecule has 1 fully saturated rings. The molecule has 2 amide bonds. The number of primary amides is 1. The van der Waals surface area contributed by atoms with Crippen LogP contribution in [0.15, 0.2) is 47.4 Å². The van der Waals surface area contributed by atoms with E-state index in [0.29, 0.717) is 37.7 Å². The van der Waals surface area contributed by atoms with Gasteiger partial charge in [0.05, 0.1) is 29.6 Å². The first kappa shape index (κ1) is 23.6. The standard InChI is InChI=1S/C24H24ClN3O3S2/c1-31-18-12-11-16(28-24(26)30)19(21(29)14-7-5-6-8-14)20(18)23-27-17(22(25)33-23)13-32-15-9-3-2-4-10-15/h2-4,9-12,14H,5-8,13H2,1H3,(H3,26,28,30). The summed E-state index contributed by atoms with van der Waals surface area (Å²) in [5.41, 5.74) is 7.43. The van der Waals surface area contributed by atoms with Gasteiger partial charge in [0, 0.05) is 16.6 Å². The average Bonchev–Trinajstić information content (AvgIpc) is 3.47. The molecule has 33 heavy (non-hydrogen) atoms. The number of anilines is 1. The molecule has 6 nitrogen and oxygen atoms in total. The summed E-state index contributed by atoms with van der Waals surface area (Å²) in [5.74, 6) is 0.954. The van der Waals surface area contributed by atoms with E-state index in [2.05, 4.69) is 5.32 Å². The maximum atomic E-state index is 13.6. The van der Waals surface area contributed by atoms with Gasteiger partial charge < -0.3 is 15.8 Å². The normalized spacial score (nSPS) is 13.8. The number of urea groups is 1. The Hall–Kier alpha value is -2.55. The summed E-state index contributed by atoms with van der Waals surface area (Å²) in [6.45, 7) is 0. The number of rotatable bonds is 8. The molecule has 3 aromatic rings. The third kappa shape index (κ3) is 5.34. The number of nitrogens with two attached hydrogens (primary N) is 1. The smallest absolute Gasteiger partial charge is 0.316 e. The van der Waals surface area contributed by atoms with Gasteiger partial charge in [-0.1, -0.05) is 42.6 Å². The molecule has 0 spiro atoms. The first-order valence-corrected chi connectivity index (χ1v) is 12.8. The lowest BCUT2D eigenvalue weighted by Crippen LogP contribution is -2.23. The van der Waals surface area contributed by atoms with Gasteiger partial charge in [-0.25, -0.2) is 9.78 Å². The fourth-order valence-electron chi connectivity index (χ4n) is 4.05. The average molecular weight is 502 g/mol. The van der Waals surface area contributed by atoms with Crippen molar-refractivity contribution >= 4 is 52.2 Å². The Morgan fingerprint density at radius 1 is 1.21 bits per heavy atom. The second-order valence-electron chi connectivity index (χ2n) is 7.74. The third-order valence-electron chi connectivity index (χ3n) is 5.60. The van der Waals surface area contributed by atoms with Gasteiger partial charge in [-0.15, -0.1) is 23.1 Å². The number of methoxy groups -OCH3 is 1. The van der Waals surface area contributed by atoms with Crippen LogP contribution in [0.5, 0.6) is 5.75 Å². The lowest BCUT2D eigenvalue weighted by atomic mass is 9.91.